The first-order chi connectivity index (χ1) is 30.5. The predicted octanol–water partition coefficient (Wildman–Crippen LogP) is 16.5. The van der Waals surface area contributed by atoms with Crippen LogP contribution in [0, 0.1) is 6.92 Å². The molecule has 1 unspecified atom stereocenters. The number of ketones is 2. The maximum atomic E-state index is 13.2. The first-order valence-corrected chi connectivity index (χ1v) is 24.3. The van der Waals surface area contributed by atoms with E-state index in [4.69, 9.17) is 0 Å². The molecule has 0 saturated heterocycles. The molecule has 0 saturated carbocycles. The van der Waals surface area contributed by atoms with Crippen LogP contribution in [0.4, 0.5) is 17.1 Å². The topological polar surface area (TPSA) is 74.7 Å². The Labute approximate surface area is 381 Å². The number of rotatable bonds is 15. The standard InChI is InChI=1S/C55H49NO4S3/c1-5-7-8-9-10-29-55(4,6-2)37-15-19-39(20-16-37)56(38-17-11-34(3)12-18-38)40-21-25-43-42-23-13-35(31-50(42)63-51(43)32-40)47-27-28-49(62-47)48-26-22-41(61-48)33-46-52(57)44-24-14-36(54(59)60)30-45(44)53(46)58/h11-28,30-33H,5-10,29H2,1-4H3,(H,59,60)/b46-33-. The summed E-state index contributed by atoms with van der Waals surface area (Å²) in [6.45, 7) is 9.18. The number of fused-ring (bicyclic) bond motifs is 4. The first-order valence-electron chi connectivity index (χ1n) is 21.9. The molecule has 5 nitrogen and oxygen atoms in total. The van der Waals surface area contributed by atoms with Crippen molar-refractivity contribution in [2.24, 2.45) is 0 Å². The number of hydrogen-bond acceptors (Lipinski definition) is 7. The van der Waals surface area contributed by atoms with E-state index in [9.17, 15) is 19.5 Å². The van der Waals surface area contributed by atoms with E-state index in [-0.39, 0.29) is 33.5 Å². The SMILES string of the molecule is CCCCCCCC(C)(CC)c1ccc(N(c2ccc(C)cc2)c2ccc3c(c2)sc2cc(-c4ccc(-c5ccc(/C=C6/C(=O)c7ccc(C(=O)O)cc7C6=O)s5)s4)ccc23)cc1. The van der Waals surface area contributed by atoms with Gasteiger partial charge in [-0.15, -0.1) is 34.0 Å². The van der Waals surface area contributed by atoms with Crippen molar-refractivity contribution in [1.29, 1.82) is 0 Å². The van der Waals surface area contributed by atoms with E-state index in [0.717, 1.165) is 48.6 Å². The summed E-state index contributed by atoms with van der Waals surface area (Å²) in [7, 11) is 0. The minimum absolute atomic E-state index is 0.0145. The number of anilines is 3. The summed E-state index contributed by atoms with van der Waals surface area (Å²) in [6, 6.07) is 44.1. The number of Topliss-reactive ketones (excluding diaryl/α,β-unsaturated/α-hetero) is 2. The molecule has 1 aliphatic rings. The monoisotopic (exact) mass is 883 g/mol. The second-order valence-electron chi connectivity index (χ2n) is 16.9. The van der Waals surface area contributed by atoms with Gasteiger partial charge >= 0.3 is 5.97 Å². The molecule has 3 heterocycles. The molecule has 1 aliphatic carbocycles. The molecular weight excluding hydrogens is 835 g/mol. The minimum Gasteiger partial charge on any atom is -0.478 e. The summed E-state index contributed by atoms with van der Waals surface area (Å²) in [5, 5.41) is 11.9. The number of unbranched alkanes of at least 4 members (excludes halogenated alkanes) is 4. The van der Waals surface area contributed by atoms with E-state index in [0.29, 0.717) is 0 Å². The summed E-state index contributed by atoms with van der Waals surface area (Å²) in [5.41, 5.74) is 7.83. The molecule has 63 heavy (non-hydrogen) atoms. The summed E-state index contributed by atoms with van der Waals surface area (Å²) in [6.07, 6.45) is 10.5. The van der Waals surface area contributed by atoms with E-state index in [1.807, 2.05) is 23.5 Å². The van der Waals surface area contributed by atoms with Gasteiger partial charge in [-0.25, -0.2) is 4.79 Å². The van der Waals surface area contributed by atoms with E-state index in [1.165, 1.54) is 99.4 Å². The van der Waals surface area contributed by atoms with Crippen LogP contribution in [-0.2, 0) is 5.41 Å². The van der Waals surface area contributed by atoms with Gasteiger partial charge in [0.1, 0.15) is 0 Å². The largest absolute Gasteiger partial charge is 0.478 e. The Morgan fingerprint density at radius 1 is 0.635 bits per heavy atom. The van der Waals surface area contributed by atoms with Crippen LogP contribution in [0.15, 0.2) is 133 Å². The average molecular weight is 884 g/mol. The lowest BCUT2D eigenvalue weighted by Crippen LogP contribution is -2.21. The molecule has 8 aromatic rings. The number of hydrogen-bond donors (Lipinski definition) is 1. The van der Waals surface area contributed by atoms with Crippen LogP contribution in [0.2, 0.25) is 0 Å². The molecular formula is C55H49NO4S3. The lowest BCUT2D eigenvalue weighted by atomic mass is 9.76. The molecule has 0 radical (unpaired) electrons. The van der Waals surface area contributed by atoms with Gasteiger partial charge in [0.25, 0.3) is 0 Å². The summed E-state index contributed by atoms with van der Waals surface area (Å²) in [4.78, 5) is 44.2. The normalized spacial score (nSPS) is 14.2. The van der Waals surface area contributed by atoms with Gasteiger partial charge in [0, 0.05) is 67.9 Å². The lowest BCUT2D eigenvalue weighted by Gasteiger charge is -2.31. The number of carboxylic acids is 1. The Bertz CT molecular complexity index is 3060. The van der Waals surface area contributed by atoms with Crippen molar-refractivity contribution in [3.8, 4) is 20.2 Å². The quantitative estimate of drug-likeness (QED) is 0.0631. The molecule has 5 aromatic carbocycles. The zero-order valence-electron chi connectivity index (χ0n) is 36.0. The van der Waals surface area contributed by atoms with Gasteiger partial charge < -0.3 is 10.0 Å². The van der Waals surface area contributed by atoms with Crippen LogP contribution in [0.1, 0.15) is 113 Å². The number of allylic oxidation sites excluding steroid dienone is 1. The van der Waals surface area contributed by atoms with Crippen LogP contribution in [0.3, 0.4) is 0 Å². The molecule has 1 N–H and O–H groups in total. The van der Waals surface area contributed by atoms with Gasteiger partial charge in [0.15, 0.2) is 11.6 Å². The zero-order valence-corrected chi connectivity index (χ0v) is 38.4. The number of carbonyl (C=O) groups excluding carboxylic acids is 2. The number of aromatic carboxylic acids is 1. The van der Waals surface area contributed by atoms with Gasteiger partial charge in [-0.2, -0.15) is 0 Å². The second kappa shape index (κ2) is 17.7. The maximum Gasteiger partial charge on any atom is 0.335 e. The van der Waals surface area contributed by atoms with Crippen LogP contribution in [-0.4, -0.2) is 22.6 Å². The predicted molar refractivity (Wildman–Crippen MR) is 266 cm³/mol. The fourth-order valence-corrected chi connectivity index (χ4v) is 12.0. The second-order valence-corrected chi connectivity index (χ2v) is 20.2. The first kappa shape index (κ1) is 42.4. The van der Waals surface area contributed by atoms with Gasteiger partial charge in [0.2, 0.25) is 0 Å². The molecule has 0 aliphatic heterocycles. The average Bonchev–Trinajstić information content (AvgIpc) is 4.10. The zero-order chi connectivity index (χ0) is 43.8. The van der Waals surface area contributed by atoms with Crippen molar-refractivity contribution in [1.82, 2.24) is 0 Å². The number of carbonyl (C=O) groups is 3. The molecule has 316 valence electrons. The highest BCUT2D eigenvalue weighted by atomic mass is 32.1. The Hall–Kier alpha value is -5.93. The Kier molecular flexibility index (Phi) is 11.9. The minimum atomic E-state index is -1.14. The molecule has 0 bridgehead atoms. The lowest BCUT2D eigenvalue weighted by molar-refractivity contribution is 0.0696. The molecule has 0 spiro atoms. The van der Waals surface area contributed by atoms with E-state index in [1.54, 1.807) is 17.4 Å². The van der Waals surface area contributed by atoms with Crippen LogP contribution < -0.4 is 4.90 Å². The number of benzene rings is 5. The van der Waals surface area contributed by atoms with Gasteiger partial charge in [-0.05, 0) is 127 Å². The number of aryl methyl sites for hydroxylation is 1. The molecule has 0 fully saturated rings. The summed E-state index contributed by atoms with van der Waals surface area (Å²) < 4.78 is 2.48. The highest BCUT2D eigenvalue weighted by Crippen LogP contribution is 2.44. The third kappa shape index (κ3) is 8.36. The van der Waals surface area contributed by atoms with E-state index in [2.05, 4.69) is 130 Å². The summed E-state index contributed by atoms with van der Waals surface area (Å²) >= 11 is 5.06. The van der Waals surface area contributed by atoms with Crippen molar-refractivity contribution >= 4 is 94.9 Å². The number of carboxylic acid groups (broad SMARTS) is 1. The maximum absolute atomic E-state index is 13.2. The van der Waals surface area contributed by atoms with Gasteiger partial charge in [-0.3, -0.25) is 9.59 Å². The fourth-order valence-electron chi connectivity index (χ4n) is 8.77. The highest BCUT2D eigenvalue weighted by Gasteiger charge is 2.34. The third-order valence-corrected chi connectivity index (χ3v) is 16.2. The summed E-state index contributed by atoms with van der Waals surface area (Å²) in [5.74, 6) is -1.95. The Morgan fingerprint density at radius 2 is 1.27 bits per heavy atom. The van der Waals surface area contributed by atoms with Crippen molar-refractivity contribution < 1.29 is 19.5 Å². The highest BCUT2D eigenvalue weighted by molar-refractivity contribution is 7.26. The Balaban J connectivity index is 0.968. The smallest absolute Gasteiger partial charge is 0.335 e. The van der Waals surface area contributed by atoms with E-state index >= 15 is 0 Å². The van der Waals surface area contributed by atoms with E-state index < -0.39 is 11.8 Å². The number of thiophene rings is 3. The van der Waals surface area contributed by atoms with Crippen molar-refractivity contribution in [2.45, 2.75) is 78.1 Å². The van der Waals surface area contributed by atoms with Crippen LogP contribution >= 0.6 is 34.0 Å². The van der Waals surface area contributed by atoms with Crippen molar-refractivity contribution in [3.63, 3.8) is 0 Å². The van der Waals surface area contributed by atoms with Crippen molar-refractivity contribution in [2.75, 3.05) is 4.90 Å². The fraction of sp³-hybridized carbons (Fsp3) is 0.218. The molecule has 9 rings (SSSR count). The van der Waals surface area contributed by atoms with Gasteiger partial charge in [-0.1, -0.05) is 101 Å². The molecule has 8 heteroatoms. The van der Waals surface area contributed by atoms with Gasteiger partial charge in [0.05, 0.1) is 11.1 Å². The Morgan fingerprint density at radius 3 is 2.00 bits per heavy atom. The number of nitrogens with zero attached hydrogens (tertiary/aromatic N) is 1. The van der Waals surface area contributed by atoms with Crippen LogP contribution in [0.5, 0.6) is 0 Å². The molecule has 0 amide bonds. The molecule has 1 atom stereocenters. The van der Waals surface area contributed by atoms with Crippen molar-refractivity contribution in [3.05, 3.63) is 166 Å². The third-order valence-electron chi connectivity index (χ3n) is 12.7. The van der Waals surface area contributed by atoms with Crippen LogP contribution in [0.25, 0.3) is 46.4 Å². The molecule has 3 aromatic heterocycles.